The average Bonchev–Trinajstić information content (AvgIpc) is 3.38. The first-order valence-electron chi connectivity index (χ1n) is 9.96. The van der Waals surface area contributed by atoms with Crippen molar-refractivity contribution >= 4 is 0 Å². The third kappa shape index (κ3) is 4.99. The summed E-state index contributed by atoms with van der Waals surface area (Å²) in [5.41, 5.74) is 2.47. The van der Waals surface area contributed by atoms with Gasteiger partial charge in [0, 0.05) is 31.1 Å². The summed E-state index contributed by atoms with van der Waals surface area (Å²) in [6.07, 6.45) is 2.12. The lowest BCUT2D eigenvalue weighted by Crippen LogP contribution is -2.23. The molecule has 0 amide bonds. The predicted octanol–water partition coefficient (Wildman–Crippen LogP) is 4.78. The molecule has 1 fully saturated rings. The molecular formula is C22H23F3N4O. The Morgan fingerprint density at radius 3 is 2.73 bits per heavy atom. The molecule has 1 aliphatic heterocycles. The zero-order valence-corrected chi connectivity index (χ0v) is 16.4. The molecule has 1 saturated heterocycles. The largest absolute Gasteiger partial charge is 0.493 e. The highest BCUT2D eigenvalue weighted by molar-refractivity contribution is 5.29. The Kier molecular flexibility index (Phi) is 6.03. The smallest absolute Gasteiger partial charge is 0.416 e. The van der Waals surface area contributed by atoms with Crippen LogP contribution < -0.4 is 4.74 Å². The Hall–Kier alpha value is -2.87. The predicted molar refractivity (Wildman–Crippen MR) is 106 cm³/mol. The van der Waals surface area contributed by atoms with E-state index in [0.29, 0.717) is 18.8 Å². The number of rotatable bonds is 7. The van der Waals surface area contributed by atoms with E-state index in [1.54, 1.807) is 6.20 Å². The number of benzene rings is 1. The molecule has 1 aromatic carbocycles. The van der Waals surface area contributed by atoms with Crippen LogP contribution in [0.1, 0.15) is 41.4 Å². The maximum Gasteiger partial charge on any atom is 0.416 e. The summed E-state index contributed by atoms with van der Waals surface area (Å²) in [6, 6.07) is 11.1. The third-order valence-electron chi connectivity index (χ3n) is 5.29. The van der Waals surface area contributed by atoms with Crippen LogP contribution >= 0.6 is 0 Å². The second-order valence-corrected chi connectivity index (χ2v) is 7.43. The first kappa shape index (κ1) is 20.4. The van der Waals surface area contributed by atoms with Gasteiger partial charge in [-0.15, -0.1) is 0 Å². The van der Waals surface area contributed by atoms with Gasteiger partial charge in [0.05, 0.1) is 23.9 Å². The molecule has 8 heteroatoms. The highest BCUT2D eigenvalue weighted by Gasteiger charge is 2.30. The number of hydrogen-bond acceptors (Lipinski definition) is 4. The lowest BCUT2D eigenvalue weighted by atomic mass is 10.1. The SMILES string of the molecule is FC(F)(F)c1ccc(OCCc2cc(C3CCCN3Cc3cccnc3)n[nH]2)cc1. The standard InChI is InChI=1S/C22H23F3N4O/c23-22(24,25)17-5-7-19(8-6-17)30-12-9-18-13-20(28-27-18)21-4-2-11-29(21)15-16-3-1-10-26-14-16/h1,3,5-8,10,13-14,21H,2,4,9,11-12,15H2,(H,27,28). The van der Waals surface area contributed by atoms with E-state index < -0.39 is 11.7 Å². The highest BCUT2D eigenvalue weighted by atomic mass is 19.4. The van der Waals surface area contributed by atoms with Crippen LogP contribution in [-0.4, -0.2) is 33.2 Å². The van der Waals surface area contributed by atoms with Crippen molar-refractivity contribution in [3.63, 3.8) is 0 Å². The number of alkyl halides is 3. The van der Waals surface area contributed by atoms with Crippen LogP contribution in [0.4, 0.5) is 13.2 Å². The normalized spacial score (nSPS) is 17.4. The molecule has 1 N–H and O–H groups in total. The molecular weight excluding hydrogens is 393 g/mol. The fourth-order valence-corrected chi connectivity index (χ4v) is 3.77. The quantitative estimate of drug-likeness (QED) is 0.602. The van der Waals surface area contributed by atoms with Crippen molar-refractivity contribution in [1.82, 2.24) is 20.1 Å². The van der Waals surface area contributed by atoms with Crippen molar-refractivity contribution in [2.75, 3.05) is 13.2 Å². The topological polar surface area (TPSA) is 54.0 Å². The minimum Gasteiger partial charge on any atom is -0.493 e. The molecule has 0 bridgehead atoms. The number of nitrogens with one attached hydrogen (secondary N) is 1. The van der Waals surface area contributed by atoms with E-state index in [1.807, 2.05) is 12.3 Å². The number of pyridine rings is 1. The van der Waals surface area contributed by atoms with Crippen LogP contribution in [0.25, 0.3) is 0 Å². The second kappa shape index (κ2) is 8.87. The molecule has 30 heavy (non-hydrogen) atoms. The van der Waals surface area contributed by atoms with Gasteiger partial charge in [0.25, 0.3) is 0 Å². The Morgan fingerprint density at radius 1 is 1.17 bits per heavy atom. The molecule has 1 unspecified atom stereocenters. The van der Waals surface area contributed by atoms with Crippen molar-refractivity contribution in [2.45, 2.75) is 38.0 Å². The maximum absolute atomic E-state index is 12.6. The molecule has 0 saturated carbocycles. The molecule has 0 aliphatic carbocycles. The van der Waals surface area contributed by atoms with Crippen molar-refractivity contribution in [3.8, 4) is 5.75 Å². The summed E-state index contributed by atoms with van der Waals surface area (Å²) in [7, 11) is 0. The minimum absolute atomic E-state index is 0.269. The molecule has 0 radical (unpaired) electrons. The number of aromatic amines is 1. The van der Waals surface area contributed by atoms with Crippen molar-refractivity contribution in [1.29, 1.82) is 0 Å². The first-order chi connectivity index (χ1) is 14.5. The van der Waals surface area contributed by atoms with E-state index in [0.717, 1.165) is 49.5 Å². The van der Waals surface area contributed by atoms with Gasteiger partial charge in [-0.05, 0) is 61.3 Å². The van der Waals surface area contributed by atoms with Gasteiger partial charge in [-0.25, -0.2) is 0 Å². The molecule has 5 nitrogen and oxygen atoms in total. The summed E-state index contributed by atoms with van der Waals surface area (Å²) < 4.78 is 43.4. The number of hydrogen-bond donors (Lipinski definition) is 1. The summed E-state index contributed by atoms with van der Waals surface area (Å²) in [5.74, 6) is 0.418. The van der Waals surface area contributed by atoms with Crippen molar-refractivity contribution in [2.24, 2.45) is 0 Å². The van der Waals surface area contributed by atoms with Crippen LogP contribution in [0.2, 0.25) is 0 Å². The van der Waals surface area contributed by atoms with Crippen molar-refractivity contribution in [3.05, 3.63) is 77.4 Å². The average molecular weight is 416 g/mol. The minimum atomic E-state index is -4.34. The number of likely N-dealkylation sites (tertiary alicyclic amines) is 1. The lowest BCUT2D eigenvalue weighted by Gasteiger charge is -2.22. The Morgan fingerprint density at radius 2 is 2.00 bits per heavy atom. The Balaban J connectivity index is 1.30. The fraction of sp³-hybridized carbons (Fsp3) is 0.364. The summed E-state index contributed by atoms with van der Waals surface area (Å²) >= 11 is 0. The van der Waals surface area contributed by atoms with Crippen LogP contribution in [0, 0.1) is 0 Å². The second-order valence-electron chi connectivity index (χ2n) is 7.43. The number of H-pyrrole nitrogens is 1. The van der Waals surface area contributed by atoms with E-state index >= 15 is 0 Å². The molecule has 4 rings (SSSR count). The first-order valence-corrected chi connectivity index (χ1v) is 9.96. The van der Waals surface area contributed by atoms with Gasteiger partial charge in [-0.2, -0.15) is 18.3 Å². The van der Waals surface area contributed by atoms with Gasteiger partial charge in [0.15, 0.2) is 0 Å². The van der Waals surface area contributed by atoms with Crippen LogP contribution in [0.3, 0.4) is 0 Å². The van der Waals surface area contributed by atoms with Crippen LogP contribution in [-0.2, 0) is 19.1 Å². The Labute approximate surface area is 172 Å². The maximum atomic E-state index is 12.6. The number of nitrogens with zero attached hydrogens (tertiary/aromatic N) is 3. The highest BCUT2D eigenvalue weighted by Crippen LogP contribution is 2.32. The molecule has 0 spiro atoms. The molecule has 1 aliphatic rings. The Bertz CT molecular complexity index is 941. The van der Waals surface area contributed by atoms with Gasteiger partial charge in [0.2, 0.25) is 0 Å². The summed E-state index contributed by atoms with van der Waals surface area (Å²) in [4.78, 5) is 6.60. The molecule has 3 heterocycles. The van der Waals surface area contributed by atoms with Crippen molar-refractivity contribution < 1.29 is 17.9 Å². The third-order valence-corrected chi connectivity index (χ3v) is 5.29. The molecule has 2 aromatic heterocycles. The summed E-state index contributed by atoms with van der Waals surface area (Å²) in [6.45, 7) is 2.23. The van der Waals surface area contributed by atoms with E-state index in [1.165, 1.54) is 17.7 Å². The monoisotopic (exact) mass is 416 g/mol. The van der Waals surface area contributed by atoms with Crippen LogP contribution in [0.5, 0.6) is 5.75 Å². The van der Waals surface area contributed by atoms with Gasteiger partial charge >= 0.3 is 6.18 Å². The molecule has 3 aromatic rings. The van der Waals surface area contributed by atoms with E-state index in [9.17, 15) is 13.2 Å². The van der Waals surface area contributed by atoms with Crippen LogP contribution in [0.15, 0.2) is 54.9 Å². The van der Waals surface area contributed by atoms with Gasteiger partial charge < -0.3 is 4.74 Å². The van der Waals surface area contributed by atoms with E-state index in [4.69, 9.17) is 4.74 Å². The van der Waals surface area contributed by atoms with E-state index in [2.05, 4.69) is 32.2 Å². The number of ether oxygens (including phenoxy) is 1. The zero-order valence-electron chi connectivity index (χ0n) is 16.4. The summed E-state index contributed by atoms with van der Waals surface area (Å²) in [5, 5.41) is 7.56. The molecule has 158 valence electrons. The number of aromatic nitrogens is 3. The number of halogens is 3. The lowest BCUT2D eigenvalue weighted by molar-refractivity contribution is -0.137. The molecule has 1 atom stereocenters. The van der Waals surface area contributed by atoms with Gasteiger partial charge in [-0.3, -0.25) is 15.0 Å². The zero-order chi connectivity index (χ0) is 21.0. The van der Waals surface area contributed by atoms with Gasteiger partial charge in [0.1, 0.15) is 5.75 Å². The fourth-order valence-electron chi connectivity index (χ4n) is 3.77. The van der Waals surface area contributed by atoms with Gasteiger partial charge in [-0.1, -0.05) is 6.07 Å². The van der Waals surface area contributed by atoms with E-state index in [-0.39, 0.29) is 6.04 Å².